The lowest BCUT2D eigenvalue weighted by molar-refractivity contribution is -0.162. The van der Waals surface area contributed by atoms with Gasteiger partial charge in [-0.15, -0.1) is 0 Å². The molecule has 0 aromatic heterocycles. The van der Waals surface area contributed by atoms with Gasteiger partial charge in [-0.1, -0.05) is 6.92 Å². The number of β-lactam (4-membered cyclic amide) rings is 1. The molecule has 0 radical (unpaired) electrons. The molecule has 13 nitrogen and oxygen atoms in total. The van der Waals surface area contributed by atoms with Crippen molar-refractivity contribution in [3.8, 4) is 0 Å². The Balaban J connectivity index is 1.70. The Labute approximate surface area is 196 Å². The summed E-state index contributed by atoms with van der Waals surface area (Å²) in [5.74, 6) is -1.76. The first-order valence-corrected chi connectivity index (χ1v) is 11.3. The summed E-state index contributed by atoms with van der Waals surface area (Å²) in [5.41, 5.74) is 0.966. The van der Waals surface area contributed by atoms with E-state index in [-0.39, 0.29) is 35.6 Å². The van der Waals surface area contributed by atoms with E-state index in [1.165, 1.54) is 4.90 Å². The molecule has 3 aliphatic heterocycles. The molecule has 182 valence electrons. The second kappa shape index (κ2) is 10.6. The quantitative estimate of drug-likeness (QED) is 0.188. The van der Waals surface area contributed by atoms with Gasteiger partial charge in [0.1, 0.15) is 5.70 Å². The summed E-state index contributed by atoms with van der Waals surface area (Å²) in [6, 6.07) is -0.550. The number of nitrogens with zero attached hydrogens (tertiary/aromatic N) is 3. The summed E-state index contributed by atoms with van der Waals surface area (Å²) < 4.78 is 13.7. The van der Waals surface area contributed by atoms with E-state index in [4.69, 9.17) is 4.52 Å². The normalized spacial score (nSPS) is 25.3. The second-order valence-corrected chi connectivity index (χ2v) is 8.63. The number of aliphatic hydroxyl groups excluding tert-OH is 1. The van der Waals surface area contributed by atoms with Crippen molar-refractivity contribution in [3.05, 3.63) is 11.3 Å². The molecule has 16 heteroatoms. The highest BCUT2D eigenvalue weighted by atomic mass is 31.0. The Kier molecular flexibility index (Phi) is 8.24. The Hall–Kier alpha value is -1.90. The van der Waals surface area contributed by atoms with Crippen molar-refractivity contribution in [1.29, 1.82) is 0 Å². The molecule has 0 saturated carbocycles. The van der Waals surface area contributed by atoms with Crippen LogP contribution in [0.15, 0.2) is 16.3 Å². The molecule has 2 saturated heterocycles. The van der Waals surface area contributed by atoms with Crippen LogP contribution >= 0.6 is 28.4 Å². The van der Waals surface area contributed by atoms with Crippen LogP contribution in [-0.4, -0.2) is 82.8 Å². The molecule has 0 spiro atoms. The van der Waals surface area contributed by atoms with Crippen molar-refractivity contribution in [1.82, 2.24) is 20.4 Å². The lowest BCUT2D eigenvalue weighted by Crippen LogP contribution is -2.63. The van der Waals surface area contributed by atoms with Crippen molar-refractivity contribution in [2.75, 3.05) is 19.6 Å². The van der Waals surface area contributed by atoms with Gasteiger partial charge in [0.2, 0.25) is 11.9 Å². The SMILES string of the molecule is C[C@@H](O)C1C(=O)N2C(C(=O)OP)=C(CN3CC(N=C(NC(=O)OP)NC(=O)OP)C3)[C@H](C)[C@H]12. The fourth-order valence-corrected chi connectivity index (χ4v) is 4.65. The van der Waals surface area contributed by atoms with Gasteiger partial charge in [0, 0.05) is 25.6 Å². The van der Waals surface area contributed by atoms with Crippen LogP contribution in [0.1, 0.15) is 13.8 Å². The summed E-state index contributed by atoms with van der Waals surface area (Å²) in [5, 5.41) is 14.6. The molecule has 3 aliphatic rings. The van der Waals surface area contributed by atoms with Gasteiger partial charge in [0.05, 0.1) is 52.5 Å². The van der Waals surface area contributed by atoms with Gasteiger partial charge < -0.3 is 23.6 Å². The number of carbonyl (C=O) groups excluding carboxylic acids is 4. The predicted molar refractivity (Wildman–Crippen MR) is 124 cm³/mol. The minimum absolute atomic E-state index is 0.130. The van der Waals surface area contributed by atoms with E-state index in [1.54, 1.807) is 25.9 Å². The third kappa shape index (κ3) is 5.12. The number of nitrogens with one attached hydrogen (secondary N) is 2. The highest BCUT2D eigenvalue weighted by Crippen LogP contribution is 2.47. The molecule has 3 rings (SSSR count). The minimum Gasteiger partial charge on any atom is -0.447 e. The smallest absolute Gasteiger partial charge is 0.416 e. The van der Waals surface area contributed by atoms with Crippen LogP contribution in [0.4, 0.5) is 9.59 Å². The maximum atomic E-state index is 12.6. The average Bonchev–Trinajstić information content (AvgIpc) is 2.98. The first kappa shape index (κ1) is 25.7. The third-order valence-corrected chi connectivity index (χ3v) is 6.56. The molecule has 0 aromatic rings. The van der Waals surface area contributed by atoms with Crippen molar-refractivity contribution >= 4 is 58.4 Å². The Bertz CT molecular complexity index is 887. The number of aliphatic hydroxyl groups is 1. The number of likely N-dealkylation sites (tertiary alicyclic amines) is 1. The van der Waals surface area contributed by atoms with Gasteiger partial charge in [0.15, 0.2) is 0 Å². The molecule has 0 aromatic carbocycles. The Morgan fingerprint density at radius 3 is 2.21 bits per heavy atom. The van der Waals surface area contributed by atoms with E-state index in [0.717, 1.165) is 5.57 Å². The number of hydrogen-bond donors (Lipinski definition) is 3. The van der Waals surface area contributed by atoms with Crippen LogP contribution in [0, 0.1) is 11.8 Å². The zero-order valence-electron chi connectivity index (χ0n) is 17.9. The average molecular weight is 521 g/mol. The first-order chi connectivity index (χ1) is 15.6. The maximum absolute atomic E-state index is 12.6. The Morgan fingerprint density at radius 2 is 1.73 bits per heavy atom. The van der Waals surface area contributed by atoms with Crippen molar-refractivity contribution in [3.63, 3.8) is 0 Å². The van der Waals surface area contributed by atoms with Gasteiger partial charge in [0.25, 0.3) is 0 Å². The predicted octanol–water partition coefficient (Wildman–Crippen LogP) is -0.496. The van der Waals surface area contributed by atoms with Crippen LogP contribution < -0.4 is 10.6 Å². The molecule has 0 bridgehead atoms. The summed E-state index contributed by atoms with van der Waals surface area (Å²) in [7, 11) is 5.46. The van der Waals surface area contributed by atoms with E-state index < -0.39 is 30.2 Å². The van der Waals surface area contributed by atoms with Gasteiger partial charge in [-0.25, -0.2) is 19.4 Å². The molecule has 3 heterocycles. The van der Waals surface area contributed by atoms with Gasteiger partial charge in [-0.2, -0.15) is 0 Å². The monoisotopic (exact) mass is 521 g/mol. The van der Waals surface area contributed by atoms with Gasteiger partial charge in [-0.3, -0.25) is 20.3 Å². The lowest BCUT2D eigenvalue weighted by Gasteiger charge is -2.46. The maximum Gasteiger partial charge on any atom is 0.416 e. The molecular weight excluding hydrogens is 495 g/mol. The number of aliphatic imine (C=N–C) groups is 1. The number of amides is 3. The zero-order valence-corrected chi connectivity index (χ0v) is 21.4. The number of fused-ring (bicyclic) bond motifs is 1. The highest BCUT2D eigenvalue weighted by molar-refractivity contribution is 7.11. The van der Waals surface area contributed by atoms with E-state index in [2.05, 4.69) is 24.7 Å². The second-order valence-electron chi connectivity index (χ2n) is 7.92. The summed E-state index contributed by atoms with van der Waals surface area (Å²) in [6.45, 7) is 4.82. The van der Waals surface area contributed by atoms with Gasteiger partial charge in [-0.05, 0) is 12.5 Å². The molecule has 3 amide bonds. The number of hydrogen-bond acceptors (Lipinski definition) is 10. The highest BCUT2D eigenvalue weighted by Gasteiger charge is 2.60. The number of rotatable bonds is 5. The molecular formula is C17H26N5O8P3. The zero-order chi connectivity index (χ0) is 24.4. The largest absolute Gasteiger partial charge is 0.447 e. The van der Waals surface area contributed by atoms with E-state index in [0.29, 0.717) is 19.6 Å². The fourth-order valence-electron chi connectivity index (χ4n) is 4.42. The fraction of sp³-hybridized carbons (Fsp3) is 0.588. The van der Waals surface area contributed by atoms with Crippen molar-refractivity contribution in [2.45, 2.75) is 32.0 Å². The topological polar surface area (TPSA) is 159 Å². The first-order valence-electron chi connectivity index (χ1n) is 9.93. The van der Waals surface area contributed by atoms with Gasteiger partial charge >= 0.3 is 18.2 Å². The Morgan fingerprint density at radius 1 is 1.15 bits per heavy atom. The van der Waals surface area contributed by atoms with Crippen LogP contribution in [0.3, 0.4) is 0 Å². The standard InChI is InChI=1S/C17H26N5O8P3/c1-6-9(12(14(25)28-31)22-11(6)10(7(2)23)13(22)24)5-21-3-8(4-21)18-15(19-16(26)29-32)20-17(27)30-33/h6-8,10-11,23H,3-5,31-33H2,1-2H3,(H2,18,19,20,26,27)/t6-,7+,10?,11+/m0/s1. The third-order valence-electron chi connectivity index (χ3n) is 5.91. The van der Waals surface area contributed by atoms with Crippen molar-refractivity contribution in [2.24, 2.45) is 16.8 Å². The van der Waals surface area contributed by atoms with Crippen LogP contribution in [0.2, 0.25) is 0 Å². The molecule has 4 unspecified atom stereocenters. The van der Waals surface area contributed by atoms with E-state index >= 15 is 0 Å². The number of guanidine groups is 1. The number of carbonyl (C=O) groups is 4. The van der Waals surface area contributed by atoms with E-state index in [9.17, 15) is 24.3 Å². The van der Waals surface area contributed by atoms with Crippen LogP contribution in [-0.2, 0) is 23.2 Å². The summed E-state index contributed by atoms with van der Waals surface area (Å²) in [6.07, 6.45) is -2.51. The molecule has 2 fully saturated rings. The van der Waals surface area contributed by atoms with E-state index in [1.807, 2.05) is 21.3 Å². The van der Waals surface area contributed by atoms with Crippen LogP contribution in [0.25, 0.3) is 0 Å². The minimum atomic E-state index is -0.841. The molecule has 33 heavy (non-hydrogen) atoms. The molecule has 3 N–H and O–H groups in total. The molecule has 0 aliphatic carbocycles. The molecule has 7 atom stereocenters. The summed E-state index contributed by atoms with van der Waals surface area (Å²) in [4.78, 5) is 55.6. The lowest BCUT2D eigenvalue weighted by atomic mass is 9.77. The van der Waals surface area contributed by atoms with Crippen molar-refractivity contribution < 1.29 is 37.9 Å². The van der Waals surface area contributed by atoms with Crippen LogP contribution in [0.5, 0.6) is 0 Å². The summed E-state index contributed by atoms with van der Waals surface area (Å²) >= 11 is 0.